The lowest BCUT2D eigenvalue weighted by atomic mass is 9.87. The van der Waals surface area contributed by atoms with Crippen molar-refractivity contribution in [3.8, 4) is 0 Å². The van der Waals surface area contributed by atoms with Crippen LogP contribution in [0.3, 0.4) is 0 Å². The summed E-state index contributed by atoms with van der Waals surface area (Å²) in [4.78, 5) is 14.7. The van der Waals surface area contributed by atoms with Crippen LogP contribution >= 0.6 is 34.8 Å². The molecule has 0 aliphatic heterocycles. The van der Waals surface area contributed by atoms with E-state index < -0.39 is 34.1 Å². The molecule has 0 bridgehead atoms. The van der Waals surface area contributed by atoms with Gasteiger partial charge in [-0.2, -0.15) is 13.2 Å². The second-order valence-electron chi connectivity index (χ2n) is 9.49. The smallest absolute Gasteiger partial charge is 0.334 e. The Morgan fingerprint density at radius 3 is 1.97 bits per heavy atom. The summed E-state index contributed by atoms with van der Waals surface area (Å²) in [5.74, 6) is -2.10. The summed E-state index contributed by atoms with van der Waals surface area (Å²) < 4.78 is 54.8. The van der Waals surface area contributed by atoms with Gasteiger partial charge in [0, 0.05) is 13.1 Å². The van der Waals surface area contributed by atoms with Gasteiger partial charge in [-0.25, -0.2) is 4.39 Å². The van der Waals surface area contributed by atoms with Crippen LogP contribution in [-0.4, -0.2) is 17.4 Å². The predicted molar refractivity (Wildman–Crippen MR) is 136 cm³/mol. The first-order chi connectivity index (χ1) is 16.7. The highest BCUT2D eigenvalue weighted by molar-refractivity contribution is 6.42. The van der Waals surface area contributed by atoms with Gasteiger partial charge in [-0.05, 0) is 52.8 Å². The Balaban J connectivity index is 1.96. The molecule has 0 radical (unpaired) electrons. The fraction of sp³-hybridized carbons (Fsp3) is 0.296. The molecule has 9 heteroatoms. The van der Waals surface area contributed by atoms with E-state index in [1.54, 1.807) is 18.2 Å². The van der Waals surface area contributed by atoms with Crippen molar-refractivity contribution in [1.82, 2.24) is 4.90 Å². The highest BCUT2D eigenvalue weighted by Gasteiger charge is 2.34. The fourth-order valence-electron chi connectivity index (χ4n) is 3.62. The van der Waals surface area contributed by atoms with Crippen LogP contribution < -0.4 is 0 Å². The number of carbonyl (C=O) groups excluding carboxylic acids is 1. The molecule has 1 amide bonds. The third-order valence-electron chi connectivity index (χ3n) is 5.72. The van der Waals surface area contributed by atoms with Crippen LogP contribution in [0.2, 0.25) is 15.1 Å². The highest BCUT2D eigenvalue weighted by atomic mass is 35.5. The Labute approximate surface area is 222 Å². The molecule has 3 aromatic rings. The Hall–Kier alpha value is -2.28. The van der Waals surface area contributed by atoms with Gasteiger partial charge in [0.25, 0.3) is 5.91 Å². The van der Waals surface area contributed by atoms with Crippen molar-refractivity contribution in [2.45, 2.75) is 45.3 Å². The minimum absolute atomic E-state index is 0.0535. The lowest BCUT2D eigenvalue weighted by Crippen LogP contribution is -2.33. The Bertz CT molecular complexity index is 1250. The highest BCUT2D eigenvalue weighted by Crippen LogP contribution is 2.34. The standard InChI is InChI=1S/C27H24Cl3F4NO/c1-26(2,3)18-7-4-17(5-8-18)15-35(11-10-16-6-9-21(28)22(29)12-16)25(36)20-13-19(27(32,33)34)14-23(30)24(20)31/h4-9,12-14H,10-11,15H2,1-3H3. The maximum atomic E-state index is 14.8. The molecule has 0 saturated heterocycles. The molecular weight excluding hydrogens is 537 g/mol. The van der Waals surface area contributed by atoms with E-state index in [2.05, 4.69) is 20.8 Å². The number of carbonyl (C=O) groups is 1. The number of rotatable bonds is 6. The quantitative estimate of drug-likeness (QED) is 0.276. The molecule has 3 aromatic carbocycles. The molecule has 0 N–H and O–H groups in total. The van der Waals surface area contributed by atoms with Gasteiger partial charge in [0.15, 0.2) is 5.82 Å². The lowest BCUT2D eigenvalue weighted by molar-refractivity contribution is -0.137. The van der Waals surface area contributed by atoms with Gasteiger partial charge in [-0.3, -0.25) is 4.79 Å². The number of benzene rings is 3. The molecule has 2 nitrogen and oxygen atoms in total. The van der Waals surface area contributed by atoms with E-state index >= 15 is 0 Å². The van der Waals surface area contributed by atoms with Gasteiger partial charge in [-0.15, -0.1) is 0 Å². The van der Waals surface area contributed by atoms with Crippen LogP contribution in [0.5, 0.6) is 0 Å². The molecule has 0 aliphatic carbocycles. The number of nitrogens with zero attached hydrogens (tertiary/aromatic N) is 1. The Kier molecular flexibility index (Phi) is 8.64. The maximum absolute atomic E-state index is 14.8. The van der Waals surface area contributed by atoms with Crippen molar-refractivity contribution in [3.05, 3.63) is 103 Å². The first kappa shape index (κ1) is 28.3. The minimum Gasteiger partial charge on any atom is -0.334 e. The number of amides is 1. The molecule has 0 saturated carbocycles. The first-order valence-electron chi connectivity index (χ1n) is 11.1. The van der Waals surface area contributed by atoms with Crippen molar-refractivity contribution in [1.29, 1.82) is 0 Å². The van der Waals surface area contributed by atoms with Crippen molar-refractivity contribution in [3.63, 3.8) is 0 Å². The number of halogens is 7. The van der Waals surface area contributed by atoms with E-state index in [9.17, 15) is 22.4 Å². The molecule has 0 aromatic heterocycles. The largest absolute Gasteiger partial charge is 0.416 e. The van der Waals surface area contributed by atoms with Crippen LogP contribution in [0, 0.1) is 5.82 Å². The summed E-state index contributed by atoms with van der Waals surface area (Å²) in [7, 11) is 0. The topological polar surface area (TPSA) is 20.3 Å². The molecule has 0 fully saturated rings. The van der Waals surface area contributed by atoms with Crippen LogP contribution in [0.15, 0.2) is 54.6 Å². The summed E-state index contributed by atoms with van der Waals surface area (Å²) in [5, 5.41) is -0.0689. The van der Waals surface area contributed by atoms with Gasteiger partial charge in [0.05, 0.1) is 26.2 Å². The third kappa shape index (κ3) is 6.93. The molecule has 0 atom stereocenters. The summed E-state index contributed by atoms with van der Waals surface area (Å²) in [5.41, 5.74) is 0.554. The zero-order valence-corrected chi connectivity index (χ0v) is 22.1. The van der Waals surface area contributed by atoms with Gasteiger partial charge in [0.1, 0.15) is 0 Å². The Morgan fingerprint density at radius 1 is 0.806 bits per heavy atom. The molecule has 192 valence electrons. The number of alkyl halides is 3. The SMILES string of the molecule is CC(C)(C)c1ccc(CN(CCc2ccc(Cl)c(Cl)c2)C(=O)c2cc(C(F)(F)F)cc(Cl)c2F)cc1. The zero-order valence-electron chi connectivity index (χ0n) is 19.8. The molecule has 0 unspecified atom stereocenters. The lowest BCUT2D eigenvalue weighted by Gasteiger charge is -2.25. The summed E-state index contributed by atoms with van der Waals surface area (Å²) in [6, 6.07) is 13.5. The van der Waals surface area contributed by atoms with Gasteiger partial charge < -0.3 is 4.90 Å². The molecular formula is C27H24Cl3F4NO. The Morgan fingerprint density at radius 2 is 1.42 bits per heavy atom. The molecule has 0 aliphatic rings. The van der Waals surface area contributed by atoms with Crippen LogP contribution in [0.25, 0.3) is 0 Å². The van der Waals surface area contributed by atoms with Crippen LogP contribution in [0.1, 0.15) is 53.4 Å². The van der Waals surface area contributed by atoms with Gasteiger partial charge >= 0.3 is 6.18 Å². The maximum Gasteiger partial charge on any atom is 0.416 e. The summed E-state index contributed by atoms with van der Waals surface area (Å²) in [6.45, 7) is 6.34. The summed E-state index contributed by atoms with van der Waals surface area (Å²) >= 11 is 17.8. The zero-order chi connectivity index (χ0) is 26.8. The van der Waals surface area contributed by atoms with Crippen molar-refractivity contribution in [2.75, 3.05) is 6.54 Å². The fourth-order valence-corrected chi connectivity index (χ4v) is 4.16. The average molecular weight is 561 g/mol. The van der Waals surface area contributed by atoms with Crippen LogP contribution in [0.4, 0.5) is 17.6 Å². The van der Waals surface area contributed by atoms with Crippen LogP contribution in [-0.2, 0) is 24.6 Å². The molecule has 0 heterocycles. The van der Waals surface area contributed by atoms with E-state index in [0.717, 1.165) is 16.7 Å². The predicted octanol–water partition coefficient (Wildman–Crippen LogP) is 8.99. The van der Waals surface area contributed by atoms with Crippen molar-refractivity contribution in [2.24, 2.45) is 0 Å². The van der Waals surface area contributed by atoms with Gasteiger partial charge in [-0.1, -0.05) is 85.9 Å². The van der Waals surface area contributed by atoms with Gasteiger partial charge in [0.2, 0.25) is 0 Å². The third-order valence-corrected chi connectivity index (χ3v) is 6.74. The molecule has 36 heavy (non-hydrogen) atoms. The monoisotopic (exact) mass is 559 g/mol. The average Bonchev–Trinajstić information content (AvgIpc) is 2.79. The van der Waals surface area contributed by atoms with E-state index in [4.69, 9.17) is 34.8 Å². The molecule has 3 rings (SSSR count). The van der Waals surface area contributed by atoms with Crippen molar-refractivity contribution >= 4 is 40.7 Å². The normalized spacial score (nSPS) is 12.1. The second kappa shape index (κ2) is 11.0. The van der Waals surface area contributed by atoms with E-state index in [-0.39, 0.29) is 18.5 Å². The van der Waals surface area contributed by atoms with E-state index in [1.165, 1.54) is 4.90 Å². The number of hydrogen-bond donors (Lipinski definition) is 0. The first-order valence-corrected chi connectivity index (χ1v) is 12.2. The summed E-state index contributed by atoms with van der Waals surface area (Å²) in [6.07, 6.45) is -4.48. The second-order valence-corrected chi connectivity index (χ2v) is 10.7. The van der Waals surface area contributed by atoms with E-state index in [0.29, 0.717) is 28.6 Å². The number of hydrogen-bond acceptors (Lipinski definition) is 1. The van der Waals surface area contributed by atoms with E-state index in [1.807, 2.05) is 24.3 Å². The minimum atomic E-state index is -4.79. The van der Waals surface area contributed by atoms with Crippen molar-refractivity contribution < 1.29 is 22.4 Å². The molecule has 0 spiro atoms.